The Hall–Kier alpha value is -2.72. The lowest BCUT2D eigenvalue weighted by molar-refractivity contribution is -0.138. The molecule has 116 valence electrons. The van der Waals surface area contributed by atoms with Crippen LogP contribution in [0.2, 0.25) is 5.02 Å². The molecule has 2 N–H and O–H groups in total. The number of nitrogens with one attached hydrogen (secondary N) is 2. The Morgan fingerprint density at radius 3 is 2.77 bits per heavy atom. The van der Waals surface area contributed by atoms with Crippen LogP contribution in [0, 0.1) is 11.3 Å². The molecule has 1 amide bonds. The molecule has 0 radical (unpaired) electrons. The summed E-state index contributed by atoms with van der Waals surface area (Å²) in [6.07, 6.45) is 1.03. The van der Waals surface area contributed by atoms with E-state index in [-0.39, 0.29) is 18.8 Å². The molecule has 22 heavy (non-hydrogen) atoms. The van der Waals surface area contributed by atoms with Crippen molar-refractivity contribution in [3.8, 4) is 11.8 Å². The molecular weight excluding hydrogens is 310 g/mol. The number of nitriles is 1. The lowest BCUT2D eigenvalue weighted by Gasteiger charge is -2.08. The highest BCUT2D eigenvalue weighted by molar-refractivity contribution is 6.32. The number of amides is 1. The van der Waals surface area contributed by atoms with Crippen LogP contribution in [-0.2, 0) is 14.3 Å². The molecule has 0 aliphatic heterocycles. The Morgan fingerprint density at radius 2 is 2.14 bits per heavy atom. The number of nitrogens with zero attached hydrogens (tertiary/aromatic N) is 1. The molecule has 0 bridgehead atoms. The highest BCUT2D eigenvalue weighted by Gasteiger charge is 2.09. The molecule has 0 atom stereocenters. The topological polar surface area (TPSA) is 100 Å². The predicted octanol–water partition coefficient (Wildman–Crippen LogP) is 1.31. The number of halogens is 1. The van der Waals surface area contributed by atoms with E-state index < -0.39 is 11.9 Å². The highest BCUT2D eigenvalue weighted by atomic mass is 35.5. The fourth-order valence-electron chi connectivity index (χ4n) is 1.28. The van der Waals surface area contributed by atoms with Crippen molar-refractivity contribution in [1.82, 2.24) is 10.9 Å². The number of para-hydroxylation sites is 1. The van der Waals surface area contributed by atoms with E-state index in [9.17, 15) is 9.59 Å². The van der Waals surface area contributed by atoms with Gasteiger partial charge in [-0.15, -0.1) is 0 Å². The predicted molar refractivity (Wildman–Crippen MR) is 78.6 cm³/mol. The van der Waals surface area contributed by atoms with Crippen LogP contribution in [-0.4, -0.2) is 25.1 Å². The molecule has 0 aromatic heterocycles. The first-order valence-corrected chi connectivity index (χ1v) is 6.65. The van der Waals surface area contributed by atoms with Gasteiger partial charge in [0.05, 0.1) is 11.6 Å². The van der Waals surface area contributed by atoms with Crippen molar-refractivity contribution in [2.75, 3.05) is 13.2 Å². The number of benzene rings is 1. The van der Waals surface area contributed by atoms with Crippen LogP contribution in [0.1, 0.15) is 6.92 Å². The normalized spacial score (nSPS) is 10.3. The van der Waals surface area contributed by atoms with Crippen molar-refractivity contribution in [3.05, 3.63) is 41.1 Å². The van der Waals surface area contributed by atoms with Crippen LogP contribution in [0.3, 0.4) is 0 Å². The summed E-state index contributed by atoms with van der Waals surface area (Å²) in [4.78, 5) is 22.8. The molecule has 0 heterocycles. The summed E-state index contributed by atoms with van der Waals surface area (Å²) in [5.74, 6) is -0.921. The number of hydrazine groups is 1. The zero-order chi connectivity index (χ0) is 16.4. The average molecular weight is 324 g/mol. The standard InChI is InChI=1S/C14H14ClN3O4/c1-2-21-14(20)10(7-16)8-17-18-13(19)9-22-12-6-4-3-5-11(12)15/h3-6,8,17H,2,9H2,1H3,(H,18,19)/b10-8+. The molecule has 0 fully saturated rings. The van der Waals surface area contributed by atoms with Crippen LogP contribution < -0.4 is 15.6 Å². The Kier molecular flexibility index (Phi) is 7.29. The number of hydrogen-bond donors (Lipinski definition) is 2. The second-order valence-corrected chi connectivity index (χ2v) is 4.21. The summed E-state index contributed by atoms with van der Waals surface area (Å²) in [6.45, 7) is 1.48. The van der Waals surface area contributed by atoms with Crippen LogP contribution >= 0.6 is 11.6 Å². The number of esters is 1. The molecular formula is C14H14ClN3O4. The summed E-state index contributed by atoms with van der Waals surface area (Å²) < 4.78 is 9.86. The van der Waals surface area contributed by atoms with Gasteiger partial charge in [-0.25, -0.2) is 4.79 Å². The van der Waals surface area contributed by atoms with E-state index in [1.165, 1.54) is 0 Å². The molecule has 0 saturated carbocycles. The van der Waals surface area contributed by atoms with Crippen LogP contribution in [0.15, 0.2) is 36.0 Å². The third kappa shape index (κ3) is 5.73. The zero-order valence-electron chi connectivity index (χ0n) is 11.8. The van der Waals surface area contributed by atoms with Gasteiger partial charge in [0.25, 0.3) is 5.91 Å². The van der Waals surface area contributed by atoms with Gasteiger partial charge in [0.15, 0.2) is 12.2 Å². The second-order valence-electron chi connectivity index (χ2n) is 3.80. The van der Waals surface area contributed by atoms with Crippen molar-refractivity contribution in [2.24, 2.45) is 0 Å². The summed E-state index contributed by atoms with van der Waals surface area (Å²) in [6, 6.07) is 8.36. The van der Waals surface area contributed by atoms with E-state index in [1.807, 2.05) is 0 Å². The maximum atomic E-state index is 11.5. The highest BCUT2D eigenvalue weighted by Crippen LogP contribution is 2.22. The molecule has 1 aromatic rings. The van der Waals surface area contributed by atoms with Crippen LogP contribution in [0.5, 0.6) is 5.75 Å². The van der Waals surface area contributed by atoms with Crippen LogP contribution in [0.4, 0.5) is 0 Å². The number of ether oxygens (including phenoxy) is 2. The minimum absolute atomic E-state index is 0.149. The third-order valence-corrected chi connectivity index (χ3v) is 2.55. The number of carbonyl (C=O) groups excluding carboxylic acids is 2. The largest absolute Gasteiger partial charge is 0.482 e. The van der Waals surface area contributed by atoms with Crippen molar-refractivity contribution < 1.29 is 19.1 Å². The van der Waals surface area contributed by atoms with Crippen molar-refractivity contribution in [2.45, 2.75) is 6.92 Å². The van der Waals surface area contributed by atoms with E-state index in [4.69, 9.17) is 21.6 Å². The Morgan fingerprint density at radius 1 is 1.41 bits per heavy atom. The molecule has 8 heteroatoms. The summed E-state index contributed by atoms with van der Waals surface area (Å²) in [5, 5.41) is 9.15. The fourth-order valence-corrected chi connectivity index (χ4v) is 1.47. The molecule has 0 saturated heterocycles. The van der Waals surface area contributed by atoms with E-state index >= 15 is 0 Å². The lowest BCUT2D eigenvalue weighted by Crippen LogP contribution is -2.37. The Balaban J connectivity index is 2.41. The van der Waals surface area contributed by atoms with Gasteiger partial charge < -0.3 is 14.9 Å². The summed E-state index contributed by atoms with van der Waals surface area (Å²) in [5.41, 5.74) is 4.30. The van der Waals surface area contributed by atoms with Gasteiger partial charge in [-0.3, -0.25) is 10.2 Å². The fraction of sp³-hybridized carbons (Fsp3) is 0.214. The van der Waals surface area contributed by atoms with Gasteiger partial charge in [0, 0.05) is 6.20 Å². The van der Waals surface area contributed by atoms with E-state index in [1.54, 1.807) is 37.3 Å². The van der Waals surface area contributed by atoms with Crippen molar-refractivity contribution in [3.63, 3.8) is 0 Å². The third-order valence-electron chi connectivity index (χ3n) is 2.24. The van der Waals surface area contributed by atoms with Gasteiger partial charge in [-0.1, -0.05) is 23.7 Å². The SMILES string of the molecule is CCOC(=O)/C(C#N)=C/NNC(=O)COc1ccccc1Cl. The maximum Gasteiger partial charge on any atom is 0.350 e. The zero-order valence-corrected chi connectivity index (χ0v) is 12.5. The van der Waals surface area contributed by atoms with Crippen molar-refractivity contribution >= 4 is 23.5 Å². The van der Waals surface area contributed by atoms with E-state index in [2.05, 4.69) is 15.6 Å². The molecule has 0 spiro atoms. The molecule has 0 unspecified atom stereocenters. The lowest BCUT2D eigenvalue weighted by atomic mass is 10.3. The first-order chi connectivity index (χ1) is 10.6. The minimum Gasteiger partial charge on any atom is -0.482 e. The monoisotopic (exact) mass is 323 g/mol. The minimum atomic E-state index is -0.779. The average Bonchev–Trinajstić information content (AvgIpc) is 2.51. The van der Waals surface area contributed by atoms with Gasteiger partial charge in [-0.2, -0.15) is 5.26 Å². The first-order valence-electron chi connectivity index (χ1n) is 6.27. The van der Waals surface area contributed by atoms with E-state index in [0.29, 0.717) is 10.8 Å². The number of carbonyl (C=O) groups is 2. The summed E-state index contributed by atoms with van der Waals surface area (Å²) in [7, 11) is 0. The smallest absolute Gasteiger partial charge is 0.350 e. The number of hydrogen-bond acceptors (Lipinski definition) is 6. The molecule has 7 nitrogen and oxygen atoms in total. The van der Waals surface area contributed by atoms with Gasteiger partial charge in [0.1, 0.15) is 11.8 Å². The molecule has 0 aliphatic rings. The number of rotatable bonds is 7. The quantitative estimate of drug-likeness (QED) is 0.339. The first kappa shape index (κ1) is 17.3. The van der Waals surface area contributed by atoms with Gasteiger partial charge in [-0.05, 0) is 19.1 Å². The van der Waals surface area contributed by atoms with Gasteiger partial charge in [0.2, 0.25) is 0 Å². The Bertz CT molecular complexity index is 610. The van der Waals surface area contributed by atoms with Crippen LogP contribution in [0.25, 0.3) is 0 Å². The molecule has 1 rings (SSSR count). The second kappa shape index (κ2) is 9.26. The summed E-state index contributed by atoms with van der Waals surface area (Å²) >= 11 is 5.87. The van der Waals surface area contributed by atoms with Crippen molar-refractivity contribution in [1.29, 1.82) is 5.26 Å². The maximum absolute atomic E-state index is 11.5. The Labute approximate surface area is 132 Å². The van der Waals surface area contributed by atoms with E-state index in [0.717, 1.165) is 6.20 Å². The molecule has 0 aliphatic carbocycles. The van der Waals surface area contributed by atoms with Gasteiger partial charge >= 0.3 is 5.97 Å². The molecule has 1 aromatic carbocycles.